The molecule has 114 valence electrons. The summed E-state index contributed by atoms with van der Waals surface area (Å²) in [6.07, 6.45) is 2.04. The minimum atomic E-state index is 0.207. The van der Waals surface area contributed by atoms with E-state index in [9.17, 15) is 0 Å². The summed E-state index contributed by atoms with van der Waals surface area (Å²) in [6.45, 7) is 2.19. The minimum absolute atomic E-state index is 0.207. The molecule has 1 aromatic heterocycles. The zero-order valence-electron chi connectivity index (χ0n) is 13.1. The molecule has 21 heavy (non-hydrogen) atoms. The summed E-state index contributed by atoms with van der Waals surface area (Å²) in [5, 5.41) is 3.39. The van der Waals surface area contributed by atoms with Crippen molar-refractivity contribution in [3.63, 3.8) is 0 Å². The summed E-state index contributed by atoms with van der Waals surface area (Å²) in [4.78, 5) is 2.81. The molecule has 1 atom stereocenters. The maximum Gasteiger partial charge on any atom is 0.123 e. The monoisotopic (exact) mass is 305 g/mol. The first-order valence-corrected chi connectivity index (χ1v) is 8.00. The smallest absolute Gasteiger partial charge is 0.123 e. The zero-order valence-corrected chi connectivity index (χ0v) is 13.9. The average Bonchev–Trinajstić information content (AvgIpc) is 2.99. The number of rotatable bonds is 7. The molecule has 0 aliphatic rings. The minimum Gasteiger partial charge on any atom is -0.497 e. The molecule has 0 saturated heterocycles. The largest absolute Gasteiger partial charge is 0.497 e. The number of benzene rings is 1. The first-order valence-electron chi connectivity index (χ1n) is 7.18. The number of hydrogen-bond donors (Lipinski definition) is 1. The van der Waals surface area contributed by atoms with Crippen molar-refractivity contribution in [2.45, 2.75) is 25.8 Å². The fraction of sp³-hybridized carbons (Fsp3) is 0.412. The number of methoxy groups -OCH3 is 2. The molecule has 0 amide bonds. The third kappa shape index (κ3) is 3.77. The van der Waals surface area contributed by atoms with Crippen LogP contribution >= 0.6 is 11.3 Å². The maximum atomic E-state index is 5.50. The fourth-order valence-electron chi connectivity index (χ4n) is 2.40. The van der Waals surface area contributed by atoms with Gasteiger partial charge in [-0.3, -0.25) is 0 Å². The van der Waals surface area contributed by atoms with Gasteiger partial charge in [0.15, 0.2) is 0 Å². The Morgan fingerprint density at radius 1 is 1.10 bits per heavy atom. The van der Waals surface area contributed by atoms with E-state index < -0.39 is 0 Å². The van der Waals surface area contributed by atoms with Crippen LogP contribution < -0.4 is 14.8 Å². The van der Waals surface area contributed by atoms with Gasteiger partial charge in [0.05, 0.1) is 14.2 Å². The number of thiophene rings is 1. The molecule has 1 heterocycles. The van der Waals surface area contributed by atoms with Gasteiger partial charge < -0.3 is 14.8 Å². The highest BCUT2D eigenvalue weighted by atomic mass is 32.1. The van der Waals surface area contributed by atoms with Crippen LogP contribution in [0.5, 0.6) is 11.5 Å². The highest BCUT2D eigenvalue weighted by Gasteiger charge is 2.17. The van der Waals surface area contributed by atoms with Crippen LogP contribution in [-0.4, -0.2) is 21.3 Å². The van der Waals surface area contributed by atoms with Crippen LogP contribution in [0.2, 0.25) is 0 Å². The first-order chi connectivity index (χ1) is 10.2. The van der Waals surface area contributed by atoms with Gasteiger partial charge in [-0.25, -0.2) is 0 Å². The van der Waals surface area contributed by atoms with Gasteiger partial charge in [-0.15, -0.1) is 11.3 Å². The number of ether oxygens (including phenoxy) is 2. The molecule has 4 heteroatoms. The van der Waals surface area contributed by atoms with Crippen molar-refractivity contribution in [3.8, 4) is 11.5 Å². The Bertz CT molecular complexity index is 580. The number of aryl methyl sites for hydroxylation is 1. The maximum absolute atomic E-state index is 5.50. The highest BCUT2D eigenvalue weighted by molar-refractivity contribution is 7.11. The lowest BCUT2D eigenvalue weighted by Crippen LogP contribution is -2.19. The Labute approximate surface area is 130 Å². The van der Waals surface area contributed by atoms with Crippen LogP contribution in [-0.2, 0) is 12.8 Å². The Hall–Kier alpha value is -1.52. The van der Waals surface area contributed by atoms with E-state index in [0.717, 1.165) is 29.9 Å². The van der Waals surface area contributed by atoms with Gasteiger partial charge in [-0.1, -0.05) is 6.92 Å². The molecule has 1 unspecified atom stereocenters. The van der Waals surface area contributed by atoms with Gasteiger partial charge in [0.1, 0.15) is 11.5 Å². The summed E-state index contributed by atoms with van der Waals surface area (Å²) >= 11 is 1.88. The summed E-state index contributed by atoms with van der Waals surface area (Å²) in [5.74, 6) is 1.74. The van der Waals surface area contributed by atoms with Crippen LogP contribution in [0.1, 0.15) is 28.3 Å². The molecular formula is C17H23NO2S. The van der Waals surface area contributed by atoms with Gasteiger partial charge in [0.2, 0.25) is 0 Å². The Morgan fingerprint density at radius 3 is 2.43 bits per heavy atom. The third-order valence-electron chi connectivity index (χ3n) is 3.63. The van der Waals surface area contributed by atoms with Gasteiger partial charge in [0.25, 0.3) is 0 Å². The molecule has 0 aliphatic heterocycles. The molecule has 2 aromatic rings. The molecule has 1 aromatic carbocycles. The molecule has 0 saturated carbocycles. The molecule has 0 spiro atoms. The average molecular weight is 305 g/mol. The predicted octanol–water partition coefficient (Wildman–Crippen LogP) is 3.83. The number of likely N-dealkylation sites (N-methyl/N-ethyl adjacent to an activating group) is 1. The SMILES string of the molecule is CCc1ccc(CC(NC)c2cc(OC)ccc2OC)s1. The fourth-order valence-corrected chi connectivity index (χ4v) is 3.41. The van der Waals surface area contributed by atoms with E-state index in [-0.39, 0.29) is 6.04 Å². The lowest BCUT2D eigenvalue weighted by molar-refractivity contribution is 0.391. The molecule has 0 aliphatic carbocycles. The zero-order chi connectivity index (χ0) is 15.2. The lowest BCUT2D eigenvalue weighted by Gasteiger charge is -2.19. The van der Waals surface area contributed by atoms with E-state index in [2.05, 4.69) is 24.4 Å². The molecule has 0 fully saturated rings. The summed E-state index contributed by atoms with van der Waals surface area (Å²) < 4.78 is 10.8. The molecule has 0 bridgehead atoms. The quantitative estimate of drug-likeness (QED) is 0.843. The van der Waals surface area contributed by atoms with Crippen molar-refractivity contribution in [1.82, 2.24) is 5.32 Å². The number of nitrogens with one attached hydrogen (secondary N) is 1. The van der Waals surface area contributed by atoms with E-state index in [4.69, 9.17) is 9.47 Å². The summed E-state index contributed by atoms with van der Waals surface area (Å²) in [5.41, 5.74) is 1.13. The first kappa shape index (κ1) is 15.9. The second kappa shape index (κ2) is 7.48. The van der Waals surface area contributed by atoms with E-state index in [0.29, 0.717) is 0 Å². The van der Waals surface area contributed by atoms with E-state index in [1.165, 1.54) is 9.75 Å². The summed E-state index contributed by atoms with van der Waals surface area (Å²) in [6, 6.07) is 10.6. The predicted molar refractivity (Wildman–Crippen MR) is 88.7 cm³/mol. The van der Waals surface area contributed by atoms with Crippen molar-refractivity contribution >= 4 is 11.3 Å². The van der Waals surface area contributed by atoms with E-state index in [1.807, 2.05) is 36.6 Å². The molecule has 2 rings (SSSR count). The van der Waals surface area contributed by atoms with Crippen molar-refractivity contribution in [2.75, 3.05) is 21.3 Å². The van der Waals surface area contributed by atoms with Crippen molar-refractivity contribution in [1.29, 1.82) is 0 Å². The molecule has 3 nitrogen and oxygen atoms in total. The summed E-state index contributed by atoms with van der Waals surface area (Å²) in [7, 11) is 5.38. The normalized spacial score (nSPS) is 12.2. The van der Waals surface area contributed by atoms with Crippen LogP contribution in [0, 0.1) is 0 Å². The van der Waals surface area contributed by atoms with Crippen LogP contribution in [0.4, 0.5) is 0 Å². The van der Waals surface area contributed by atoms with Crippen molar-refractivity contribution in [3.05, 3.63) is 45.6 Å². The second-order valence-electron chi connectivity index (χ2n) is 4.87. The van der Waals surface area contributed by atoms with Crippen molar-refractivity contribution in [2.24, 2.45) is 0 Å². The molecular weight excluding hydrogens is 282 g/mol. The van der Waals surface area contributed by atoms with Gasteiger partial charge in [-0.05, 0) is 43.8 Å². The Morgan fingerprint density at radius 2 is 1.86 bits per heavy atom. The molecule has 0 radical (unpaired) electrons. The van der Waals surface area contributed by atoms with Crippen LogP contribution in [0.15, 0.2) is 30.3 Å². The second-order valence-corrected chi connectivity index (χ2v) is 6.13. The van der Waals surface area contributed by atoms with Crippen LogP contribution in [0.25, 0.3) is 0 Å². The Balaban J connectivity index is 2.27. The number of hydrogen-bond acceptors (Lipinski definition) is 4. The molecule has 1 N–H and O–H groups in total. The van der Waals surface area contributed by atoms with Gasteiger partial charge in [-0.2, -0.15) is 0 Å². The topological polar surface area (TPSA) is 30.5 Å². The third-order valence-corrected chi connectivity index (χ3v) is 4.88. The van der Waals surface area contributed by atoms with E-state index in [1.54, 1.807) is 14.2 Å². The van der Waals surface area contributed by atoms with Crippen molar-refractivity contribution < 1.29 is 9.47 Å². The Kier molecular flexibility index (Phi) is 5.65. The van der Waals surface area contributed by atoms with Crippen LogP contribution in [0.3, 0.4) is 0 Å². The highest BCUT2D eigenvalue weighted by Crippen LogP contribution is 2.32. The van der Waals surface area contributed by atoms with Gasteiger partial charge in [0, 0.05) is 27.8 Å². The van der Waals surface area contributed by atoms with Gasteiger partial charge >= 0.3 is 0 Å². The standard InChI is InChI=1S/C17H23NO2S/c1-5-13-7-8-14(21-13)11-16(18-2)15-10-12(19-3)6-9-17(15)20-4/h6-10,16,18H,5,11H2,1-4H3. The van der Waals surface area contributed by atoms with E-state index >= 15 is 0 Å². The lowest BCUT2D eigenvalue weighted by atomic mass is 10.0.